The van der Waals surface area contributed by atoms with Crippen molar-refractivity contribution < 1.29 is 36.3 Å². The third-order valence-corrected chi connectivity index (χ3v) is 5.40. The molecule has 0 spiro atoms. The molecule has 10 nitrogen and oxygen atoms in total. The van der Waals surface area contributed by atoms with Crippen molar-refractivity contribution >= 4 is 28.2 Å². The summed E-state index contributed by atoms with van der Waals surface area (Å²) in [6, 6.07) is -0.892. The van der Waals surface area contributed by atoms with E-state index in [-0.39, 0.29) is 17.9 Å². The fourth-order valence-electron chi connectivity index (χ4n) is 3.23. The van der Waals surface area contributed by atoms with Crippen molar-refractivity contribution in [2.45, 2.75) is 76.7 Å². The maximum absolute atomic E-state index is 12.6. The lowest BCUT2D eigenvalue weighted by Gasteiger charge is -2.27. The van der Waals surface area contributed by atoms with Crippen molar-refractivity contribution in [1.82, 2.24) is 10.6 Å². The zero-order valence-corrected chi connectivity index (χ0v) is 16.2. The zero-order chi connectivity index (χ0) is 20.2. The number of rotatable bonds is 7. The molecule has 0 bridgehead atoms. The summed E-state index contributed by atoms with van der Waals surface area (Å²) in [7, 11) is -4.58. The molecule has 0 radical (unpaired) electrons. The zero-order valence-electron chi connectivity index (χ0n) is 15.3. The monoisotopic (exact) mass is 406 g/mol. The Labute approximate surface area is 158 Å². The second-order valence-electron chi connectivity index (χ2n) is 7.31. The highest BCUT2D eigenvalue weighted by molar-refractivity contribution is 7.82. The molecule has 11 heteroatoms. The minimum Gasteiger partial charge on any atom is -0.479 e. The van der Waals surface area contributed by atoms with Gasteiger partial charge in [0.05, 0.1) is 0 Å². The first kappa shape index (κ1) is 21.6. The molecule has 2 amide bonds. The molecule has 1 saturated carbocycles. The van der Waals surface area contributed by atoms with E-state index in [2.05, 4.69) is 19.0 Å². The molecule has 1 aliphatic heterocycles. The fraction of sp³-hybridized carbons (Fsp3) is 0.812. The normalized spacial score (nSPS) is 26.5. The van der Waals surface area contributed by atoms with Crippen LogP contribution in [0.1, 0.15) is 52.4 Å². The lowest BCUT2D eigenvalue weighted by Crippen LogP contribution is -2.54. The van der Waals surface area contributed by atoms with Crippen LogP contribution in [-0.2, 0) is 33.1 Å². The Morgan fingerprint density at radius 2 is 1.67 bits per heavy atom. The van der Waals surface area contributed by atoms with Crippen LogP contribution in [0.2, 0.25) is 0 Å². The van der Waals surface area contributed by atoms with Crippen LogP contribution in [0, 0.1) is 5.92 Å². The average molecular weight is 406 g/mol. The summed E-state index contributed by atoms with van der Waals surface area (Å²) in [6.45, 7) is 3.74. The highest BCUT2D eigenvalue weighted by Crippen LogP contribution is 2.22. The average Bonchev–Trinajstić information content (AvgIpc) is 2.91. The first-order chi connectivity index (χ1) is 12.6. The number of amides is 2. The largest absolute Gasteiger partial charge is 0.479 e. The summed E-state index contributed by atoms with van der Waals surface area (Å²) in [5.41, 5.74) is 0. The van der Waals surface area contributed by atoms with E-state index in [1.807, 2.05) is 13.8 Å². The predicted molar refractivity (Wildman–Crippen MR) is 92.7 cm³/mol. The second-order valence-corrected chi connectivity index (χ2v) is 8.52. The molecule has 0 aromatic heterocycles. The van der Waals surface area contributed by atoms with Gasteiger partial charge in [0.25, 0.3) is 5.91 Å². The van der Waals surface area contributed by atoms with Crippen molar-refractivity contribution in [3.63, 3.8) is 0 Å². The Morgan fingerprint density at radius 1 is 1.07 bits per heavy atom. The van der Waals surface area contributed by atoms with E-state index in [4.69, 9.17) is 5.11 Å². The molecule has 2 rings (SSSR count). The first-order valence-corrected chi connectivity index (χ1v) is 10.4. The molecule has 0 aromatic rings. The summed E-state index contributed by atoms with van der Waals surface area (Å²) in [6.07, 6.45) is 1.35. The highest BCUT2D eigenvalue weighted by atomic mass is 32.3. The molecule has 0 aromatic carbocycles. The smallest absolute Gasteiger partial charge is 0.401 e. The summed E-state index contributed by atoms with van der Waals surface area (Å²) < 4.78 is 31.4. The molecule has 154 valence electrons. The maximum Gasteiger partial charge on any atom is 0.401 e. The van der Waals surface area contributed by atoms with Crippen molar-refractivity contribution in [3.8, 4) is 0 Å². The van der Waals surface area contributed by atoms with Gasteiger partial charge in [-0.1, -0.05) is 33.1 Å². The minimum absolute atomic E-state index is 0.0380. The molecule has 27 heavy (non-hydrogen) atoms. The third-order valence-electron chi connectivity index (χ3n) is 4.51. The number of aliphatic carboxylic acids is 1. The summed E-state index contributed by atoms with van der Waals surface area (Å²) in [4.78, 5) is 36.2. The quantitative estimate of drug-likeness (QED) is 0.538. The van der Waals surface area contributed by atoms with Crippen LogP contribution < -0.4 is 10.6 Å². The van der Waals surface area contributed by atoms with Gasteiger partial charge < -0.3 is 15.7 Å². The number of carbonyl (C=O) groups is 3. The minimum atomic E-state index is -4.58. The van der Waals surface area contributed by atoms with Gasteiger partial charge in [0.15, 0.2) is 6.10 Å². The van der Waals surface area contributed by atoms with Gasteiger partial charge in [0, 0.05) is 6.04 Å². The Bertz CT molecular complexity index is 672. The van der Waals surface area contributed by atoms with Gasteiger partial charge in [-0.15, -0.1) is 0 Å². The van der Waals surface area contributed by atoms with Crippen molar-refractivity contribution in [2.75, 3.05) is 0 Å². The summed E-state index contributed by atoms with van der Waals surface area (Å²) in [5, 5.41) is 14.4. The van der Waals surface area contributed by atoms with E-state index in [1.54, 1.807) is 0 Å². The van der Waals surface area contributed by atoms with Gasteiger partial charge in [-0.25, -0.2) is 13.2 Å². The molecular formula is C16H26N2O8S. The number of carbonyl (C=O) groups excluding carboxylic acids is 2. The SMILES string of the molecule is CC(C)C[C@H](NC(=O)[C@H]1OS(=O)(=O)O[C@@H]1C(=O)O)C(=O)NC1CCCCC1. The van der Waals surface area contributed by atoms with Gasteiger partial charge in [-0.2, -0.15) is 8.42 Å². The first-order valence-electron chi connectivity index (χ1n) is 9.04. The van der Waals surface area contributed by atoms with E-state index in [1.165, 1.54) is 0 Å². The molecule has 3 N–H and O–H groups in total. The Morgan fingerprint density at radius 3 is 2.22 bits per heavy atom. The van der Waals surface area contributed by atoms with E-state index in [9.17, 15) is 22.8 Å². The third kappa shape index (κ3) is 6.15. The second kappa shape index (κ2) is 8.98. The van der Waals surface area contributed by atoms with Crippen LogP contribution in [0.4, 0.5) is 0 Å². The summed E-state index contributed by atoms with van der Waals surface area (Å²) >= 11 is 0. The lowest BCUT2D eigenvalue weighted by molar-refractivity contribution is -0.150. The van der Waals surface area contributed by atoms with Crippen LogP contribution in [0.5, 0.6) is 0 Å². The predicted octanol–water partition coefficient (Wildman–Crippen LogP) is 0.0796. The summed E-state index contributed by atoms with van der Waals surface area (Å²) in [5.74, 6) is -2.99. The van der Waals surface area contributed by atoms with Gasteiger partial charge in [-0.3, -0.25) is 9.59 Å². The van der Waals surface area contributed by atoms with Crippen LogP contribution in [0.25, 0.3) is 0 Å². The van der Waals surface area contributed by atoms with E-state index in [0.29, 0.717) is 6.42 Å². The van der Waals surface area contributed by atoms with Crippen LogP contribution in [-0.4, -0.2) is 55.6 Å². The van der Waals surface area contributed by atoms with Crippen molar-refractivity contribution in [2.24, 2.45) is 5.92 Å². The number of nitrogens with one attached hydrogen (secondary N) is 2. The van der Waals surface area contributed by atoms with Gasteiger partial charge >= 0.3 is 16.4 Å². The topological polar surface area (TPSA) is 148 Å². The van der Waals surface area contributed by atoms with Gasteiger partial charge in [0.1, 0.15) is 6.04 Å². The number of carboxylic acid groups (broad SMARTS) is 1. The van der Waals surface area contributed by atoms with Crippen molar-refractivity contribution in [1.29, 1.82) is 0 Å². The molecule has 1 aliphatic carbocycles. The molecule has 3 atom stereocenters. The van der Waals surface area contributed by atoms with Crippen LogP contribution >= 0.6 is 0 Å². The number of carboxylic acids is 1. The maximum atomic E-state index is 12.6. The molecular weight excluding hydrogens is 380 g/mol. The van der Waals surface area contributed by atoms with Gasteiger partial charge in [-0.05, 0) is 25.2 Å². The Kier molecular flexibility index (Phi) is 7.18. The standard InChI is InChI=1S/C16H26N2O8S/c1-9(2)8-11(14(19)17-10-6-4-3-5-7-10)18-15(20)12-13(16(21)22)26-27(23,24)25-12/h9-13H,3-8H2,1-2H3,(H,17,19)(H,18,20)(H,21,22)/t11-,12-,13-/m0/s1. The van der Waals surface area contributed by atoms with Crippen LogP contribution in [0.15, 0.2) is 0 Å². The van der Waals surface area contributed by atoms with Gasteiger partial charge in [0.2, 0.25) is 12.0 Å². The number of hydrogen-bond donors (Lipinski definition) is 3. The van der Waals surface area contributed by atoms with Crippen molar-refractivity contribution in [3.05, 3.63) is 0 Å². The Balaban J connectivity index is 2.06. The van der Waals surface area contributed by atoms with E-state index >= 15 is 0 Å². The fourth-order valence-corrected chi connectivity index (χ4v) is 4.16. The number of hydrogen-bond acceptors (Lipinski definition) is 7. The van der Waals surface area contributed by atoms with E-state index < -0.39 is 40.5 Å². The molecule has 1 saturated heterocycles. The van der Waals surface area contributed by atoms with E-state index in [0.717, 1.165) is 32.1 Å². The molecule has 2 fully saturated rings. The molecule has 1 heterocycles. The Hall–Kier alpha value is -1.72. The van der Waals surface area contributed by atoms with Crippen LogP contribution in [0.3, 0.4) is 0 Å². The highest BCUT2D eigenvalue weighted by Gasteiger charge is 2.49. The molecule has 0 unspecified atom stereocenters. The molecule has 2 aliphatic rings. The lowest BCUT2D eigenvalue weighted by atomic mass is 9.94.